The van der Waals surface area contributed by atoms with E-state index in [1.807, 2.05) is 6.07 Å². The van der Waals surface area contributed by atoms with Gasteiger partial charge in [-0.3, -0.25) is 4.79 Å². The number of benzene rings is 2. The zero-order chi connectivity index (χ0) is 19.6. The second kappa shape index (κ2) is 7.59. The monoisotopic (exact) mass is 387 g/mol. The largest absolute Gasteiger partial charge is 0.503 e. The van der Waals surface area contributed by atoms with Crippen LogP contribution in [0.4, 0.5) is 10.5 Å². The van der Waals surface area contributed by atoms with Gasteiger partial charge >= 0.3 is 6.03 Å². The van der Waals surface area contributed by atoms with Crippen molar-refractivity contribution in [3.8, 4) is 11.5 Å². The highest BCUT2D eigenvalue weighted by Gasteiger charge is 2.32. The molecule has 7 nitrogen and oxygen atoms in total. The van der Waals surface area contributed by atoms with Crippen LogP contribution in [0.5, 0.6) is 11.5 Å². The van der Waals surface area contributed by atoms with Gasteiger partial charge in [-0.25, -0.2) is 4.79 Å². The minimum atomic E-state index is -0.769. The SMILES string of the molecule is COc1cc([C@H]2NC(=O)NC(C)=C2C(=O)Nc2ccccc2)cc(Cl)c1O. The van der Waals surface area contributed by atoms with E-state index in [0.717, 1.165) is 0 Å². The first-order valence-corrected chi connectivity index (χ1v) is 8.49. The van der Waals surface area contributed by atoms with Crippen molar-refractivity contribution < 1.29 is 19.4 Å². The first-order chi connectivity index (χ1) is 12.9. The number of nitrogens with one attached hydrogen (secondary N) is 3. The second-order valence-electron chi connectivity index (χ2n) is 5.94. The molecule has 27 heavy (non-hydrogen) atoms. The van der Waals surface area contributed by atoms with Gasteiger partial charge in [0.2, 0.25) is 0 Å². The zero-order valence-corrected chi connectivity index (χ0v) is 15.4. The summed E-state index contributed by atoms with van der Waals surface area (Å²) >= 11 is 6.07. The van der Waals surface area contributed by atoms with Gasteiger partial charge in [-0.05, 0) is 36.8 Å². The molecule has 0 spiro atoms. The summed E-state index contributed by atoms with van der Waals surface area (Å²) < 4.78 is 5.12. The first kappa shape index (κ1) is 18.6. The lowest BCUT2D eigenvalue weighted by atomic mass is 9.94. The van der Waals surface area contributed by atoms with Crippen molar-refractivity contribution in [1.29, 1.82) is 0 Å². The topological polar surface area (TPSA) is 99.7 Å². The van der Waals surface area contributed by atoms with E-state index in [-0.39, 0.29) is 22.4 Å². The Morgan fingerprint density at radius 2 is 1.96 bits per heavy atom. The van der Waals surface area contributed by atoms with Crippen LogP contribution < -0.4 is 20.7 Å². The van der Waals surface area contributed by atoms with Crippen LogP contribution in [0.15, 0.2) is 53.7 Å². The lowest BCUT2D eigenvalue weighted by Crippen LogP contribution is -2.46. The minimum absolute atomic E-state index is 0.0533. The highest BCUT2D eigenvalue weighted by Crippen LogP contribution is 2.39. The van der Waals surface area contributed by atoms with E-state index < -0.39 is 12.1 Å². The Labute approximate surface area is 161 Å². The number of rotatable bonds is 4. The van der Waals surface area contributed by atoms with Crippen LogP contribution in [0.1, 0.15) is 18.5 Å². The van der Waals surface area contributed by atoms with Crippen molar-refractivity contribution in [2.45, 2.75) is 13.0 Å². The van der Waals surface area contributed by atoms with Gasteiger partial charge in [0, 0.05) is 11.4 Å². The second-order valence-corrected chi connectivity index (χ2v) is 6.35. The molecule has 2 aromatic carbocycles. The maximum absolute atomic E-state index is 12.9. The number of halogens is 1. The number of hydrogen-bond donors (Lipinski definition) is 4. The molecule has 0 aromatic heterocycles. The average molecular weight is 388 g/mol. The van der Waals surface area contributed by atoms with E-state index in [9.17, 15) is 14.7 Å². The number of amides is 3. The lowest BCUT2D eigenvalue weighted by molar-refractivity contribution is -0.113. The lowest BCUT2D eigenvalue weighted by Gasteiger charge is -2.29. The Morgan fingerprint density at radius 1 is 1.26 bits per heavy atom. The van der Waals surface area contributed by atoms with Crippen LogP contribution in [-0.4, -0.2) is 24.2 Å². The minimum Gasteiger partial charge on any atom is -0.503 e. The molecule has 3 rings (SSSR count). The summed E-state index contributed by atoms with van der Waals surface area (Å²) in [5.74, 6) is -0.440. The van der Waals surface area contributed by atoms with Crippen LogP contribution in [0.25, 0.3) is 0 Å². The van der Waals surface area contributed by atoms with E-state index in [1.54, 1.807) is 31.2 Å². The van der Waals surface area contributed by atoms with Crippen LogP contribution >= 0.6 is 11.6 Å². The van der Waals surface area contributed by atoms with Crippen LogP contribution in [0, 0.1) is 0 Å². The molecular formula is C19H18ClN3O4. The number of para-hydroxylation sites is 1. The number of urea groups is 1. The van der Waals surface area contributed by atoms with Crippen molar-refractivity contribution in [2.24, 2.45) is 0 Å². The molecule has 0 unspecified atom stereocenters. The molecule has 4 N–H and O–H groups in total. The number of ether oxygens (including phenoxy) is 1. The van der Waals surface area contributed by atoms with Gasteiger partial charge in [-0.2, -0.15) is 0 Å². The predicted octanol–water partition coefficient (Wildman–Crippen LogP) is 3.32. The summed E-state index contributed by atoms with van der Waals surface area (Å²) in [5, 5.41) is 18.1. The number of allylic oxidation sites excluding steroid dienone is 1. The Kier molecular flexibility index (Phi) is 5.23. The summed E-state index contributed by atoms with van der Waals surface area (Å²) in [4.78, 5) is 24.9. The molecule has 0 aliphatic carbocycles. The number of carbonyl (C=O) groups excluding carboxylic acids is 2. The summed E-state index contributed by atoms with van der Waals surface area (Å²) in [7, 11) is 1.39. The Hall–Kier alpha value is -3.19. The van der Waals surface area contributed by atoms with E-state index in [1.165, 1.54) is 19.2 Å². The van der Waals surface area contributed by atoms with Crippen LogP contribution in [-0.2, 0) is 4.79 Å². The van der Waals surface area contributed by atoms with Gasteiger partial charge in [-0.15, -0.1) is 0 Å². The maximum atomic E-state index is 12.9. The highest BCUT2D eigenvalue weighted by atomic mass is 35.5. The van der Waals surface area contributed by atoms with E-state index >= 15 is 0 Å². The smallest absolute Gasteiger partial charge is 0.319 e. The summed E-state index contributed by atoms with van der Waals surface area (Å²) in [6.07, 6.45) is 0. The molecule has 0 saturated heterocycles. The number of phenolic OH excluding ortho intramolecular Hbond substituents is 1. The first-order valence-electron chi connectivity index (χ1n) is 8.11. The third kappa shape index (κ3) is 3.83. The van der Waals surface area contributed by atoms with Crippen LogP contribution in [0.2, 0.25) is 5.02 Å². The van der Waals surface area contributed by atoms with Crippen LogP contribution in [0.3, 0.4) is 0 Å². The average Bonchev–Trinajstić information content (AvgIpc) is 2.63. The van der Waals surface area contributed by atoms with Gasteiger partial charge in [0.25, 0.3) is 5.91 Å². The fourth-order valence-electron chi connectivity index (χ4n) is 2.88. The number of phenols is 1. The van der Waals surface area contributed by atoms with E-state index in [0.29, 0.717) is 22.5 Å². The molecule has 8 heteroatoms. The van der Waals surface area contributed by atoms with Gasteiger partial charge < -0.3 is 25.8 Å². The molecule has 3 amide bonds. The number of anilines is 1. The highest BCUT2D eigenvalue weighted by molar-refractivity contribution is 6.32. The fraction of sp³-hybridized carbons (Fsp3) is 0.158. The molecule has 1 heterocycles. The molecular weight excluding hydrogens is 370 g/mol. The quantitative estimate of drug-likeness (QED) is 0.646. The molecule has 2 aromatic rings. The normalized spacial score (nSPS) is 16.4. The third-order valence-corrected chi connectivity index (χ3v) is 4.44. The van der Waals surface area contributed by atoms with E-state index in [4.69, 9.17) is 16.3 Å². The van der Waals surface area contributed by atoms with Crippen molar-refractivity contribution >= 4 is 29.2 Å². The number of hydrogen-bond acceptors (Lipinski definition) is 4. The molecule has 0 fully saturated rings. The van der Waals surface area contributed by atoms with Gasteiger partial charge in [-0.1, -0.05) is 29.8 Å². The van der Waals surface area contributed by atoms with Crippen molar-refractivity contribution in [2.75, 3.05) is 12.4 Å². The van der Waals surface area contributed by atoms with Crippen molar-refractivity contribution in [1.82, 2.24) is 10.6 Å². The van der Waals surface area contributed by atoms with Crippen molar-refractivity contribution in [3.05, 3.63) is 64.3 Å². The summed E-state index contributed by atoms with van der Waals surface area (Å²) in [6.45, 7) is 1.64. The molecule has 0 bridgehead atoms. The molecule has 140 valence electrons. The van der Waals surface area contributed by atoms with Gasteiger partial charge in [0.05, 0.1) is 23.7 Å². The Morgan fingerprint density at radius 3 is 2.63 bits per heavy atom. The van der Waals surface area contributed by atoms with Gasteiger partial charge in [0.15, 0.2) is 11.5 Å². The molecule has 1 aliphatic rings. The summed E-state index contributed by atoms with van der Waals surface area (Å²) in [6, 6.07) is 10.8. The fourth-order valence-corrected chi connectivity index (χ4v) is 3.10. The molecule has 0 saturated carbocycles. The van der Waals surface area contributed by atoms with E-state index in [2.05, 4.69) is 16.0 Å². The maximum Gasteiger partial charge on any atom is 0.319 e. The zero-order valence-electron chi connectivity index (χ0n) is 14.7. The molecule has 1 atom stereocenters. The molecule has 1 aliphatic heterocycles. The standard InChI is InChI=1S/C19H18ClN3O4/c1-10-15(18(25)22-12-6-4-3-5-7-12)16(23-19(26)21-10)11-8-13(20)17(24)14(9-11)27-2/h3-9,16,24H,1-2H3,(H,22,25)(H2,21,23,26)/t16-/m1/s1. The molecule has 0 radical (unpaired) electrons. The third-order valence-electron chi connectivity index (χ3n) is 4.15. The Balaban J connectivity index is 2.02. The predicted molar refractivity (Wildman–Crippen MR) is 102 cm³/mol. The van der Waals surface area contributed by atoms with Gasteiger partial charge in [0.1, 0.15) is 0 Å². The van der Waals surface area contributed by atoms with Crippen molar-refractivity contribution in [3.63, 3.8) is 0 Å². The number of carbonyl (C=O) groups is 2. The summed E-state index contributed by atoms with van der Waals surface area (Å²) in [5.41, 5.74) is 1.87. The number of aromatic hydroxyl groups is 1. The Bertz CT molecular complexity index is 928. The number of methoxy groups -OCH3 is 1.